The standard InChI is InChI=1S/C15H19ClO/c1-17-11-10-12-2-4-13(5-3-12)14-6-8-15(16)9-7-14/h6-13H,2-5H2,1H3/b11-10+/t12-,13-. The Kier molecular flexibility index (Phi) is 4.49. The summed E-state index contributed by atoms with van der Waals surface area (Å²) in [6, 6.07) is 8.32. The summed E-state index contributed by atoms with van der Waals surface area (Å²) in [5.41, 5.74) is 1.43. The van der Waals surface area contributed by atoms with Crippen molar-refractivity contribution in [2.24, 2.45) is 5.92 Å². The van der Waals surface area contributed by atoms with Crippen LogP contribution in [-0.4, -0.2) is 7.11 Å². The SMILES string of the molecule is CO/C=C/[C@H]1CC[C@H](c2ccc(Cl)cc2)CC1. The molecule has 17 heavy (non-hydrogen) atoms. The van der Waals surface area contributed by atoms with E-state index >= 15 is 0 Å². The molecule has 1 saturated carbocycles. The Hall–Kier alpha value is -0.950. The van der Waals surface area contributed by atoms with Crippen LogP contribution in [0, 0.1) is 5.92 Å². The number of rotatable bonds is 3. The van der Waals surface area contributed by atoms with E-state index in [1.807, 2.05) is 18.4 Å². The summed E-state index contributed by atoms with van der Waals surface area (Å²) >= 11 is 5.91. The fourth-order valence-electron chi connectivity index (χ4n) is 2.57. The predicted molar refractivity (Wildman–Crippen MR) is 72.3 cm³/mol. The number of methoxy groups -OCH3 is 1. The van der Waals surface area contributed by atoms with E-state index in [2.05, 4.69) is 18.2 Å². The number of halogens is 1. The van der Waals surface area contributed by atoms with E-state index in [0.29, 0.717) is 11.8 Å². The molecule has 0 saturated heterocycles. The highest BCUT2D eigenvalue weighted by Gasteiger charge is 2.20. The smallest absolute Gasteiger partial charge is 0.0787 e. The van der Waals surface area contributed by atoms with Gasteiger partial charge in [0.1, 0.15) is 0 Å². The maximum atomic E-state index is 5.91. The van der Waals surface area contributed by atoms with Crippen LogP contribution in [0.3, 0.4) is 0 Å². The second kappa shape index (κ2) is 6.11. The lowest BCUT2D eigenvalue weighted by Gasteiger charge is -2.26. The lowest BCUT2D eigenvalue weighted by atomic mass is 9.79. The zero-order valence-corrected chi connectivity index (χ0v) is 11.0. The summed E-state index contributed by atoms with van der Waals surface area (Å²) in [6.07, 6.45) is 9.05. The molecule has 0 aliphatic heterocycles. The molecule has 0 spiro atoms. The average molecular weight is 251 g/mol. The van der Waals surface area contributed by atoms with Crippen molar-refractivity contribution in [3.05, 3.63) is 47.2 Å². The lowest BCUT2D eigenvalue weighted by molar-refractivity contribution is 0.322. The molecular formula is C15H19ClO. The van der Waals surface area contributed by atoms with Gasteiger partial charge < -0.3 is 4.74 Å². The van der Waals surface area contributed by atoms with Gasteiger partial charge in [0.15, 0.2) is 0 Å². The Bertz CT molecular complexity index is 361. The van der Waals surface area contributed by atoms with Gasteiger partial charge in [0.05, 0.1) is 13.4 Å². The highest BCUT2D eigenvalue weighted by Crippen LogP contribution is 2.36. The van der Waals surface area contributed by atoms with E-state index < -0.39 is 0 Å². The predicted octanol–water partition coefficient (Wildman–Crippen LogP) is 4.77. The van der Waals surface area contributed by atoms with Crippen LogP contribution < -0.4 is 0 Å². The molecule has 0 bridgehead atoms. The van der Waals surface area contributed by atoms with E-state index in [9.17, 15) is 0 Å². The molecule has 1 nitrogen and oxygen atoms in total. The minimum Gasteiger partial charge on any atom is -0.505 e. The van der Waals surface area contributed by atoms with Gasteiger partial charge in [0, 0.05) is 5.02 Å². The summed E-state index contributed by atoms with van der Waals surface area (Å²) in [4.78, 5) is 0. The number of benzene rings is 1. The molecular weight excluding hydrogens is 232 g/mol. The van der Waals surface area contributed by atoms with Crippen LogP contribution in [-0.2, 0) is 4.74 Å². The minimum absolute atomic E-state index is 0.693. The van der Waals surface area contributed by atoms with Crippen molar-refractivity contribution >= 4 is 11.6 Å². The van der Waals surface area contributed by atoms with Gasteiger partial charge >= 0.3 is 0 Å². The van der Waals surface area contributed by atoms with Crippen LogP contribution in [0.1, 0.15) is 37.2 Å². The highest BCUT2D eigenvalue weighted by molar-refractivity contribution is 6.30. The van der Waals surface area contributed by atoms with Gasteiger partial charge in [-0.25, -0.2) is 0 Å². The van der Waals surface area contributed by atoms with E-state index in [-0.39, 0.29) is 0 Å². The molecule has 0 radical (unpaired) electrons. The summed E-state index contributed by atoms with van der Waals surface area (Å²) in [5, 5.41) is 0.825. The van der Waals surface area contributed by atoms with Gasteiger partial charge in [-0.1, -0.05) is 23.7 Å². The normalized spacial score (nSPS) is 25.1. The van der Waals surface area contributed by atoms with Crippen molar-refractivity contribution in [3.63, 3.8) is 0 Å². The van der Waals surface area contributed by atoms with Gasteiger partial charge in [-0.2, -0.15) is 0 Å². The van der Waals surface area contributed by atoms with E-state index in [1.165, 1.54) is 31.2 Å². The topological polar surface area (TPSA) is 9.23 Å². The minimum atomic E-state index is 0.693. The number of allylic oxidation sites excluding steroid dienone is 1. The van der Waals surface area contributed by atoms with Crippen LogP contribution in [0.4, 0.5) is 0 Å². The quantitative estimate of drug-likeness (QED) is 0.702. The fraction of sp³-hybridized carbons (Fsp3) is 0.467. The summed E-state index contributed by atoms with van der Waals surface area (Å²) < 4.78 is 4.97. The molecule has 1 aliphatic carbocycles. The third kappa shape index (κ3) is 3.50. The van der Waals surface area contributed by atoms with Gasteiger partial charge in [-0.3, -0.25) is 0 Å². The molecule has 1 aliphatic rings. The van der Waals surface area contributed by atoms with E-state index in [1.54, 1.807) is 7.11 Å². The molecule has 0 unspecified atom stereocenters. The fourth-order valence-corrected chi connectivity index (χ4v) is 2.70. The van der Waals surface area contributed by atoms with Crippen molar-refractivity contribution in [2.45, 2.75) is 31.6 Å². The van der Waals surface area contributed by atoms with Crippen molar-refractivity contribution < 1.29 is 4.74 Å². The van der Waals surface area contributed by atoms with Crippen LogP contribution >= 0.6 is 11.6 Å². The summed E-state index contributed by atoms with van der Waals surface area (Å²) in [6.45, 7) is 0. The monoisotopic (exact) mass is 250 g/mol. The summed E-state index contributed by atoms with van der Waals surface area (Å²) in [5.74, 6) is 1.40. The van der Waals surface area contributed by atoms with E-state index in [4.69, 9.17) is 16.3 Å². The molecule has 1 fully saturated rings. The van der Waals surface area contributed by atoms with Crippen LogP contribution in [0.5, 0.6) is 0 Å². The van der Waals surface area contributed by atoms with Crippen molar-refractivity contribution in [3.8, 4) is 0 Å². The first-order chi connectivity index (χ1) is 8.29. The molecule has 0 heterocycles. The molecule has 0 N–H and O–H groups in total. The van der Waals surface area contributed by atoms with Crippen molar-refractivity contribution in [2.75, 3.05) is 7.11 Å². The Balaban J connectivity index is 1.90. The molecule has 0 aromatic heterocycles. The maximum Gasteiger partial charge on any atom is 0.0787 e. The highest BCUT2D eigenvalue weighted by atomic mass is 35.5. The van der Waals surface area contributed by atoms with Crippen LogP contribution in [0.15, 0.2) is 36.6 Å². The zero-order valence-electron chi connectivity index (χ0n) is 10.2. The Morgan fingerprint density at radius 2 is 1.76 bits per heavy atom. The third-order valence-electron chi connectivity index (χ3n) is 3.60. The maximum absolute atomic E-state index is 5.91. The average Bonchev–Trinajstić information content (AvgIpc) is 2.38. The van der Waals surface area contributed by atoms with Crippen LogP contribution in [0.25, 0.3) is 0 Å². The first-order valence-corrected chi connectivity index (χ1v) is 6.62. The molecule has 1 aromatic rings. The number of hydrogen-bond acceptors (Lipinski definition) is 1. The van der Waals surface area contributed by atoms with Crippen LogP contribution in [0.2, 0.25) is 5.02 Å². The second-order valence-electron chi connectivity index (χ2n) is 4.73. The number of ether oxygens (including phenoxy) is 1. The molecule has 2 rings (SSSR count). The lowest BCUT2D eigenvalue weighted by Crippen LogP contribution is -2.11. The first kappa shape index (κ1) is 12.5. The Labute approximate surface area is 108 Å². The molecule has 0 amide bonds. The Morgan fingerprint density at radius 3 is 2.35 bits per heavy atom. The number of hydrogen-bond donors (Lipinski definition) is 0. The summed E-state index contributed by atoms with van der Waals surface area (Å²) in [7, 11) is 1.70. The van der Waals surface area contributed by atoms with Crippen molar-refractivity contribution in [1.82, 2.24) is 0 Å². The molecule has 92 valence electrons. The largest absolute Gasteiger partial charge is 0.505 e. The first-order valence-electron chi connectivity index (χ1n) is 6.24. The molecule has 2 heteroatoms. The van der Waals surface area contributed by atoms with E-state index in [0.717, 1.165) is 5.02 Å². The molecule has 0 atom stereocenters. The third-order valence-corrected chi connectivity index (χ3v) is 3.85. The van der Waals surface area contributed by atoms with Crippen molar-refractivity contribution in [1.29, 1.82) is 0 Å². The molecule has 1 aromatic carbocycles. The van der Waals surface area contributed by atoms with Gasteiger partial charge in [-0.05, 0) is 61.3 Å². The zero-order chi connectivity index (χ0) is 12.1. The van der Waals surface area contributed by atoms with Gasteiger partial charge in [-0.15, -0.1) is 0 Å². The van der Waals surface area contributed by atoms with Gasteiger partial charge in [0.25, 0.3) is 0 Å². The second-order valence-corrected chi connectivity index (χ2v) is 5.16. The van der Waals surface area contributed by atoms with Gasteiger partial charge in [0.2, 0.25) is 0 Å². The Morgan fingerprint density at radius 1 is 1.12 bits per heavy atom.